The Kier molecular flexibility index (Phi) is 6.20. The minimum Gasteiger partial charge on any atom is -0.435 e. The van der Waals surface area contributed by atoms with Crippen LogP contribution in [0.1, 0.15) is 5.56 Å². The van der Waals surface area contributed by atoms with Gasteiger partial charge in [-0.05, 0) is 37.4 Å². The first-order valence-corrected chi connectivity index (χ1v) is 7.20. The van der Waals surface area contributed by atoms with Gasteiger partial charge < -0.3 is 10.1 Å². The van der Waals surface area contributed by atoms with Crippen molar-refractivity contribution in [1.82, 2.24) is 4.90 Å². The van der Waals surface area contributed by atoms with Crippen molar-refractivity contribution >= 4 is 11.6 Å². The molecule has 0 aliphatic heterocycles. The first-order valence-electron chi connectivity index (χ1n) is 7.20. The molecule has 24 heavy (non-hydrogen) atoms. The maximum absolute atomic E-state index is 13.6. The molecule has 128 valence electrons. The van der Waals surface area contributed by atoms with Gasteiger partial charge in [0.2, 0.25) is 5.91 Å². The summed E-state index contributed by atoms with van der Waals surface area (Å²) in [5.74, 6) is -0.601. The van der Waals surface area contributed by atoms with E-state index in [2.05, 4.69) is 10.1 Å². The van der Waals surface area contributed by atoms with Gasteiger partial charge in [-0.1, -0.05) is 18.2 Å². The van der Waals surface area contributed by atoms with E-state index in [1.54, 1.807) is 30.1 Å². The lowest BCUT2D eigenvalue weighted by molar-refractivity contribution is -0.117. The minimum absolute atomic E-state index is 0.0136. The molecule has 7 heteroatoms. The third-order valence-electron chi connectivity index (χ3n) is 3.17. The topological polar surface area (TPSA) is 41.6 Å². The van der Waals surface area contributed by atoms with Crippen molar-refractivity contribution in [2.75, 3.05) is 18.9 Å². The fraction of sp³-hybridized carbons (Fsp3) is 0.235. The highest BCUT2D eigenvalue weighted by Crippen LogP contribution is 2.17. The van der Waals surface area contributed by atoms with Crippen LogP contribution < -0.4 is 10.1 Å². The van der Waals surface area contributed by atoms with Gasteiger partial charge in [0.25, 0.3) is 0 Å². The van der Waals surface area contributed by atoms with E-state index >= 15 is 0 Å². The molecule has 0 bridgehead atoms. The largest absolute Gasteiger partial charge is 0.435 e. The molecule has 0 unspecified atom stereocenters. The molecule has 1 N–H and O–H groups in total. The second-order valence-electron chi connectivity index (χ2n) is 5.21. The molecule has 4 nitrogen and oxygen atoms in total. The van der Waals surface area contributed by atoms with Crippen LogP contribution in [-0.2, 0) is 11.3 Å². The standard InChI is InChI=1S/C17H17F3N2O2/c1-22(10-12-4-2-3-5-15(12)18)11-16(23)21-13-6-8-14(9-7-13)24-17(19)20/h2-9,17H,10-11H2,1H3,(H,21,23). The number of amides is 1. The summed E-state index contributed by atoms with van der Waals surface area (Å²) in [5.41, 5.74) is 0.960. The van der Waals surface area contributed by atoms with Gasteiger partial charge in [-0.15, -0.1) is 0 Å². The Morgan fingerprint density at radius 3 is 2.46 bits per heavy atom. The Hall–Kier alpha value is -2.54. The average Bonchev–Trinajstić information content (AvgIpc) is 2.51. The summed E-state index contributed by atoms with van der Waals surface area (Å²) < 4.78 is 41.9. The van der Waals surface area contributed by atoms with E-state index in [-0.39, 0.29) is 24.0 Å². The normalized spacial score (nSPS) is 10.9. The number of halogens is 3. The molecule has 0 radical (unpaired) electrons. The number of likely N-dealkylation sites (N-methyl/N-ethyl adjacent to an activating group) is 1. The first-order chi connectivity index (χ1) is 11.4. The summed E-state index contributed by atoms with van der Waals surface area (Å²) in [6.07, 6.45) is 0. The van der Waals surface area contributed by atoms with Crippen molar-refractivity contribution in [3.05, 3.63) is 59.9 Å². The van der Waals surface area contributed by atoms with Gasteiger partial charge in [-0.3, -0.25) is 9.69 Å². The van der Waals surface area contributed by atoms with Crippen LogP contribution in [0.15, 0.2) is 48.5 Å². The number of hydrogen-bond donors (Lipinski definition) is 1. The summed E-state index contributed by atoms with van der Waals surface area (Å²) in [6.45, 7) is -2.54. The first kappa shape index (κ1) is 17.8. The zero-order chi connectivity index (χ0) is 17.5. The van der Waals surface area contributed by atoms with Gasteiger partial charge in [0, 0.05) is 17.8 Å². The van der Waals surface area contributed by atoms with Crippen molar-refractivity contribution in [3.8, 4) is 5.75 Å². The van der Waals surface area contributed by atoms with E-state index < -0.39 is 6.61 Å². The maximum Gasteiger partial charge on any atom is 0.387 e. The fourth-order valence-corrected chi connectivity index (χ4v) is 2.14. The summed E-state index contributed by atoms with van der Waals surface area (Å²) in [6, 6.07) is 12.0. The van der Waals surface area contributed by atoms with Crippen LogP contribution in [0.2, 0.25) is 0 Å². The third kappa shape index (κ3) is 5.58. The van der Waals surface area contributed by atoms with Crippen LogP contribution in [-0.4, -0.2) is 31.0 Å². The van der Waals surface area contributed by atoms with Crippen molar-refractivity contribution in [2.24, 2.45) is 0 Å². The van der Waals surface area contributed by atoms with Crippen LogP contribution in [0, 0.1) is 5.82 Å². The van der Waals surface area contributed by atoms with E-state index in [4.69, 9.17) is 0 Å². The molecule has 0 heterocycles. The summed E-state index contributed by atoms with van der Waals surface area (Å²) in [5, 5.41) is 2.64. The van der Waals surface area contributed by atoms with E-state index in [1.165, 1.54) is 30.3 Å². The number of hydrogen-bond acceptors (Lipinski definition) is 3. The number of nitrogens with one attached hydrogen (secondary N) is 1. The number of carbonyl (C=O) groups is 1. The summed E-state index contributed by atoms with van der Waals surface area (Å²) >= 11 is 0. The summed E-state index contributed by atoms with van der Waals surface area (Å²) in [7, 11) is 1.70. The van der Waals surface area contributed by atoms with Gasteiger partial charge in [0.15, 0.2) is 0 Å². The van der Waals surface area contributed by atoms with E-state index in [0.717, 1.165) is 0 Å². The lowest BCUT2D eigenvalue weighted by Gasteiger charge is -2.17. The Balaban J connectivity index is 1.85. The molecule has 2 rings (SSSR count). The number of ether oxygens (including phenoxy) is 1. The van der Waals surface area contributed by atoms with Crippen molar-refractivity contribution < 1.29 is 22.7 Å². The molecular formula is C17H17F3N2O2. The minimum atomic E-state index is -2.89. The van der Waals surface area contributed by atoms with Crippen LogP contribution in [0.25, 0.3) is 0 Å². The van der Waals surface area contributed by atoms with Gasteiger partial charge in [0.1, 0.15) is 11.6 Å². The van der Waals surface area contributed by atoms with Gasteiger partial charge in [0.05, 0.1) is 6.54 Å². The molecular weight excluding hydrogens is 321 g/mol. The molecule has 0 saturated heterocycles. The SMILES string of the molecule is CN(CC(=O)Nc1ccc(OC(F)F)cc1)Cc1ccccc1F. The second kappa shape index (κ2) is 8.35. The number of carbonyl (C=O) groups excluding carboxylic acids is 1. The number of nitrogens with zero attached hydrogens (tertiary/aromatic N) is 1. The third-order valence-corrected chi connectivity index (χ3v) is 3.17. The highest BCUT2D eigenvalue weighted by Gasteiger charge is 2.10. The van der Waals surface area contributed by atoms with Crippen molar-refractivity contribution in [3.63, 3.8) is 0 Å². The molecule has 2 aromatic carbocycles. The highest BCUT2D eigenvalue weighted by atomic mass is 19.3. The monoisotopic (exact) mass is 338 g/mol. The molecule has 0 atom stereocenters. The van der Waals surface area contributed by atoms with E-state index in [0.29, 0.717) is 17.8 Å². The molecule has 0 saturated carbocycles. The van der Waals surface area contributed by atoms with Gasteiger partial charge in [-0.2, -0.15) is 8.78 Å². The predicted molar refractivity (Wildman–Crippen MR) is 84.4 cm³/mol. The number of alkyl halides is 2. The molecule has 0 spiro atoms. The van der Waals surface area contributed by atoms with Crippen LogP contribution in [0.3, 0.4) is 0 Å². The van der Waals surface area contributed by atoms with Gasteiger partial charge >= 0.3 is 6.61 Å². The second-order valence-corrected chi connectivity index (χ2v) is 5.21. The molecule has 2 aromatic rings. The smallest absolute Gasteiger partial charge is 0.387 e. The Morgan fingerprint density at radius 1 is 1.17 bits per heavy atom. The molecule has 1 amide bonds. The fourth-order valence-electron chi connectivity index (χ4n) is 2.14. The number of rotatable bonds is 7. The zero-order valence-electron chi connectivity index (χ0n) is 13.0. The number of benzene rings is 2. The molecule has 0 aliphatic carbocycles. The van der Waals surface area contributed by atoms with Crippen LogP contribution in [0.4, 0.5) is 18.9 Å². The van der Waals surface area contributed by atoms with Crippen molar-refractivity contribution in [2.45, 2.75) is 13.2 Å². The Bertz CT molecular complexity index is 678. The van der Waals surface area contributed by atoms with Crippen molar-refractivity contribution in [1.29, 1.82) is 0 Å². The molecule has 0 aromatic heterocycles. The van der Waals surface area contributed by atoms with E-state index in [9.17, 15) is 18.0 Å². The maximum atomic E-state index is 13.6. The van der Waals surface area contributed by atoms with Crippen LogP contribution in [0.5, 0.6) is 5.75 Å². The number of anilines is 1. The van der Waals surface area contributed by atoms with Gasteiger partial charge in [-0.25, -0.2) is 4.39 Å². The average molecular weight is 338 g/mol. The molecule has 0 aliphatic rings. The Morgan fingerprint density at radius 2 is 1.83 bits per heavy atom. The lowest BCUT2D eigenvalue weighted by Crippen LogP contribution is -2.30. The quantitative estimate of drug-likeness (QED) is 0.840. The summed E-state index contributed by atoms with van der Waals surface area (Å²) in [4.78, 5) is 13.6. The molecule has 0 fully saturated rings. The highest BCUT2D eigenvalue weighted by molar-refractivity contribution is 5.92. The zero-order valence-corrected chi connectivity index (χ0v) is 13.0. The van der Waals surface area contributed by atoms with Crippen LogP contribution >= 0.6 is 0 Å². The lowest BCUT2D eigenvalue weighted by atomic mass is 10.2. The van der Waals surface area contributed by atoms with E-state index in [1.807, 2.05) is 0 Å². The Labute approximate surface area is 137 Å². The predicted octanol–water partition coefficient (Wildman–Crippen LogP) is 3.50.